The molecule has 162 valence electrons. The SMILES string of the molecule is O=C(Nc1c([C@H](c2ccc(Br)cc2)N2CCCCC2)oc2ccccc12)c1ccccc1. The van der Waals surface area contributed by atoms with Crippen LogP contribution >= 0.6 is 15.9 Å². The van der Waals surface area contributed by atoms with Crippen molar-refractivity contribution in [1.29, 1.82) is 0 Å². The molecule has 5 heteroatoms. The highest BCUT2D eigenvalue weighted by atomic mass is 79.9. The van der Waals surface area contributed by atoms with E-state index in [1.165, 1.54) is 19.3 Å². The van der Waals surface area contributed by atoms with Gasteiger partial charge in [0.05, 0.1) is 11.7 Å². The van der Waals surface area contributed by atoms with Gasteiger partial charge in [-0.1, -0.05) is 64.8 Å². The number of furan rings is 1. The molecule has 0 spiro atoms. The molecule has 1 N–H and O–H groups in total. The molecule has 2 heterocycles. The topological polar surface area (TPSA) is 45.5 Å². The fourth-order valence-corrected chi connectivity index (χ4v) is 4.78. The van der Waals surface area contributed by atoms with Gasteiger partial charge in [0.25, 0.3) is 5.91 Å². The van der Waals surface area contributed by atoms with Gasteiger partial charge in [0.1, 0.15) is 11.3 Å². The van der Waals surface area contributed by atoms with Crippen molar-refractivity contribution in [3.63, 3.8) is 0 Å². The highest BCUT2D eigenvalue weighted by molar-refractivity contribution is 9.10. The van der Waals surface area contributed by atoms with Crippen LogP contribution in [0.3, 0.4) is 0 Å². The van der Waals surface area contributed by atoms with Crippen molar-refractivity contribution in [3.8, 4) is 0 Å². The molecule has 4 aromatic rings. The Labute approximate surface area is 196 Å². The number of carbonyl (C=O) groups excluding carboxylic acids is 1. The molecule has 4 nitrogen and oxygen atoms in total. The normalized spacial score (nSPS) is 15.5. The van der Waals surface area contributed by atoms with Gasteiger partial charge in [-0.25, -0.2) is 0 Å². The van der Waals surface area contributed by atoms with Crippen LogP contribution < -0.4 is 5.32 Å². The van der Waals surface area contributed by atoms with Gasteiger partial charge in [0, 0.05) is 15.4 Å². The highest BCUT2D eigenvalue weighted by Gasteiger charge is 2.31. The van der Waals surface area contributed by atoms with Crippen molar-refractivity contribution < 1.29 is 9.21 Å². The van der Waals surface area contributed by atoms with Gasteiger partial charge in [-0.15, -0.1) is 0 Å². The maximum Gasteiger partial charge on any atom is 0.255 e. The molecule has 1 aromatic heterocycles. The summed E-state index contributed by atoms with van der Waals surface area (Å²) in [6.07, 6.45) is 3.58. The lowest BCUT2D eigenvalue weighted by Crippen LogP contribution is -2.34. The van der Waals surface area contributed by atoms with E-state index in [9.17, 15) is 4.79 Å². The molecule has 1 aliphatic rings. The molecule has 0 saturated carbocycles. The second-order valence-corrected chi connectivity index (χ2v) is 9.12. The molecule has 1 saturated heterocycles. The summed E-state index contributed by atoms with van der Waals surface area (Å²) in [4.78, 5) is 15.6. The first-order chi connectivity index (χ1) is 15.7. The average molecular weight is 489 g/mol. The first-order valence-corrected chi connectivity index (χ1v) is 11.9. The minimum atomic E-state index is -0.133. The fraction of sp³-hybridized carbons (Fsp3) is 0.222. The quantitative estimate of drug-likeness (QED) is 0.328. The van der Waals surface area contributed by atoms with E-state index in [1.807, 2.05) is 54.6 Å². The number of amides is 1. The van der Waals surface area contributed by atoms with Crippen molar-refractivity contribution in [1.82, 2.24) is 4.90 Å². The van der Waals surface area contributed by atoms with Crippen molar-refractivity contribution in [2.75, 3.05) is 18.4 Å². The van der Waals surface area contributed by atoms with Crippen molar-refractivity contribution in [2.45, 2.75) is 25.3 Å². The second kappa shape index (κ2) is 9.31. The summed E-state index contributed by atoms with van der Waals surface area (Å²) in [7, 11) is 0. The Morgan fingerprint density at radius 2 is 1.56 bits per heavy atom. The lowest BCUT2D eigenvalue weighted by atomic mass is 9.98. The number of hydrogen-bond donors (Lipinski definition) is 1. The summed E-state index contributed by atoms with van der Waals surface area (Å²) in [5.41, 5.74) is 3.32. The summed E-state index contributed by atoms with van der Waals surface area (Å²) in [5.74, 6) is 0.659. The van der Waals surface area contributed by atoms with Crippen molar-refractivity contribution in [2.24, 2.45) is 0 Å². The van der Waals surface area contributed by atoms with Gasteiger partial charge in [0.2, 0.25) is 0 Å². The van der Waals surface area contributed by atoms with Crippen LogP contribution in [0.1, 0.15) is 47.0 Å². The minimum absolute atomic E-state index is 0.0677. The largest absolute Gasteiger partial charge is 0.457 e. The predicted octanol–water partition coefficient (Wildman–Crippen LogP) is 7.02. The third kappa shape index (κ3) is 4.23. The zero-order chi connectivity index (χ0) is 21.9. The van der Waals surface area contributed by atoms with Gasteiger partial charge >= 0.3 is 0 Å². The fourth-order valence-electron chi connectivity index (χ4n) is 4.51. The van der Waals surface area contributed by atoms with E-state index in [1.54, 1.807) is 0 Å². The number of para-hydroxylation sites is 1. The number of anilines is 1. The lowest BCUT2D eigenvalue weighted by Gasteiger charge is -2.34. The van der Waals surface area contributed by atoms with Crippen LogP contribution in [0.15, 0.2) is 87.8 Å². The van der Waals surface area contributed by atoms with Crippen LogP contribution in [0.5, 0.6) is 0 Å². The van der Waals surface area contributed by atoms with Crippen molar-refractivity contribution in [3.05, 3.63) is 100 Å². The third-order valence-electron chi connectivity index (χ3n) is 6.09. The number of fused-ring (bicyclic) bond motifs is 1. The first kappa shape index (κ1) is 21.0. The van der Waals surface area contributed by atoms with Gasteiger partial charge in [-0.2, -0.15) is 0 Å². The van der Waals surface area contributed by atoms with Crippen LogP contribution in [-0.4, -0.2) is 23.9 Å². The Bertz CT molecular complexity index is 1210. The molecular weight excluding hydrogens is 464 g/mol. The lowest BCUT2D eigenvalue weighted by molar-refractivity contribution is 0.102. The van der Waals surface area contributed by atoms with E-state index in [0.717, 1.165) is 45.5 Å². The maximum absolute atomic E-state index is 13.1. The number of nitrogens with zero attached hydrogens (tertiary/aromatic N) is 1. The molecule has 3 aromatic carbocycles. The number of likely N-dealkylation sites (tertiary alicyclic amines) is 1. The van der Waals surface area contributed by atoms with Gasteiger partial charge < -0.3 is 9.73 Å². The number of benzene rings is 3. The summed E-state index contributed by atoms with van der Waals surface area (Å²) in [6.45, 7) is 2.01. The molecule has 0 radical (unpaired) electrons. The number of piperidine rings is 1. The summed E-state index contributed by atoms with van der Waals surface area (Å²) in [6, 6.07) is 25.6. The number of rotatable bonds is 5. The van der Waals surface area contributed by atoms with Crippen LogP contribution in [-0.2, 0) is 0 Å². The first-order valence-electron chi connectivity index (χ1n) is 11.1. The molecule has 1 amide bonds. The molecule has 1 fully saturated rings. The molecule has 32 heavy (non-hydrogen) atoms. The Morgan fingerprint density at radius 1 is 0.875 bits per heavy atom. The van der Waals surface area contributed by atoms with E-state index < -0.39 is 0 Å². The Morgan fingerprint density at radius 3 is 2.31 bits per heavy atom. The van der Waals surface area contributed by atoms with Gasteiger partial charge in [-0.3, -0.25) is 9.69 Å². The zero-order valence-corrected chi connectivity index (χ0v) is 19.3. The predicted molar refractivity (Wildman–Crippen MR) is 132 cm³/mol. The van der Waals surface area contributed by atoms with E-state index in [4.69, 9.17) is 4.42 Å². The molecule has 5 rings (SSSR count). The van der Waals surface area contributed by atoms with E-state index in [2.05, 4.69) is 50.4 Å². The Balaban J connectivity index is 1.63. The number of nitrogens with one attached hydrogen (secondary N) is 1. The summed E-state index contributed by atoms with van der Waals surface area (Å²) >= 11 is 3.55. The second-order valence-electron chi connectivity index (χ2n) is 8.21. The summed E-state index contributed by atoms with van der Waals surface area (Å²) < 4.78 is 7.51. The molecule has 0 unspecified atom stereocenters. The van der Waals surface area contributed by atoms with Crippen LogP contribution in [0.4, 0.5) is 5.69 Å². The molecule has 0 bridgehead atoms. The molecule has 0 aliphatic carbocycles. The summed E-state index contributed by atoms with van der Waals surface area (Å²) in [5, 5.41) is 4.10. The zero-order valence-electron chi connectivity index (χ0n) is 17.8. The van der Waals surface area contributed by atoms with Crippen LogP contribution in [0, 0.1) is 0 Å². The van der Waals surface area contributed by atoms with Crippen molar-refractivity contribution >= 4 is 38.5 Å². The molecule has 1 aliphatic heterocycles. The Kier molecular flexibility index (Phi) is 6.10. The smallest absolute Gasteiger partial charge is 0.255 e. The standard InChI is InChI=1S/C27H25BrN2O2/c28-21-15-13-19(14-16-21)25(30-17-7-2-8-18-30)26-24(22-11-5-6-12-23(22)32-26)29-27(31)20-9-3-1-4-10-20/h1,3-6,9-16,25H,2,7-8,17-18H2,(H,29,31)/t25-/m0/s1. The highest BCUT2D eigenvalue weighted by Crippen LogP contribution is 2.41. The molecular formula is C27H25BrN2O2. The van der Waals surface area contributed by atoms with Crippen LogP contribution in [0.2, 0.25) is 0 Å². The van der Waals surface area contributed by atoms with E-state index in [-0.39, 0.29) is 11.9 Å². The number of carbonyl (C=O) groups is 1. The van der Waals surface area contributed by atoms with E-state index in [0.29, 0.717) is 5.56 Å². The van der Waals surface area contributed by atoms with Crippen LogP contribution in [0.25, 0.3) is 11.0 Å². The average Bonchev–Trinajstić information content (AvgIpc) is 3.19. The monoisotopic (exact) mass is 488 g/mol. The maximum atomic E-state index is 13.1. The number of hydrogen-bond acceptors (Lipinski definition) is 3. The number of halogens is 1. The third-order valence-corrected chi connectivity index (χ3v) is 6.62. The molecule has 1 atom stereocenters. The van der Waals surface area contributed by atoms with Gasteiger partial charge in [0.15, 0.2) is 0 Å². The minimum Gasteiger partial charge on any atom is -0.457 e. The van der Waals surface area contributed by atoms with Gasteiger partial charge in [-0.05, 0) is 67.9 Å². The van der Waals surface area contributed by atoms with E-state index >= 15 is 0 Å². The Hall–Kier alpha value is -2.89.